The Kier molecular flexibility index (Phi) is 3.68. The summed E-state index contributed by atoms with van der Waals surface area (Å²) < 4.78 is 0. The number of nitrogens with zero attached hydrogens (tertiary/aromatic N) is 2. The summed E-state index contributed by atoms with van der Waals surface area (Å²) in [5, 5.41) is 10.0. The van der Waals surface area contributed by atoms with Crippen LogP contribution < -0.4 is 16.2 Å². The van der Waals surface area contributed by atoms with Crippen molar-refractivity contribution in [2.24, 2.45) is 5.73 Å². The van der Waals surface area contributed by atoms with Crippen LogP contribution in [0.15, 0.2) is 11.0 Å². The lowest BCUT2D eigenvalue weighted by Gasteiger charge is -2.37. The third-order valence-electron chi connectivity index (χ3n) is 3.57. The van der Waals surface area contributed by atoms with E-state index in [0.717, 1.165) is 12.1 Å². The molecule has 1 fully saturated rings. The molecule has 0 aromatic carbocycles. The summed E-state index contributed by atoms with van der Waals surface area (Å²) in [4.78, 5) is 20.8. The molecule has 4 N–H and O–H groups in total. The second-order valence-electron chi connectivity index (χ2n) is 4.83. The van der Waals surface area contributed by atoms with Gasteiger partial charge in [0.25, 0.3) is 5.56 Å². The molecule has 0 radical (unpaired) electrons. The van der Waals surface area contributed by atoms with Crippen molar-refractivity contribution in [3.05, 3.63) is 22.2 Å². The number of hydrogen-bond donors (Lipinski definition) is 3. The molecule has 18 heavy (non-hydrogen) atoms. The molecule has 0 unspecified atom stereocenters. The van der Waals surface area contributed by atoms with Gasteiger partial charge in [-0.25, -0.2) is 4.98 Å². The zero-order valence-electron chi connectivity index (χ0n) is 10.6. The Morgan fingerprint density at radius 3 is 2.72 bits per heavy atom. The van der Waals surface area contributed by atoms with E-state index in [9.17, 15) is 9.90 Å². The fourth-order valence-corrected chi connectivity index (χ4v) is 2.18. The molecule has 1 aromatic rings. The topological polar surface area (TPSA) is 95.2 Å². The Hall–Kier alpha value is -1.40. The average molecular weight is 252 g/mol. The highest BCUT2D eigenvalue weighted by Gasteiger charge is 2.31. The summed E-state index contributed by atoms with van der Waals surface area (Å²) >= 11 is 0. The zero-order valence-corrected chi connectivity index (χ0v) is 10.6. The van der Waals surface area contributed by atoms with Gasteiger partial charge in [-0.15, -0.1) is 0 Å². The third-order valence-corrected chi connectivity index (χ3v) is 3.57. The van der Waals surface area contributed by atoms with E-state index in [1.54, 1.807) is 6.20 Å². The zero-order chi connectivity index (χ0) is 13.2. The number of hydrogen-bond acceptors (Lipinski definition) is 5. The molecule has 0 aliphatic carbocycles. The van der Waals surface area contributed by atoms with Crippen molar-refractivity contribution in [1.29, 1.82) is 0 Å². The lowest BCUT2D eigenvalue weighted by atomic mass is 9.92. The van der Waals surface area contributed by atoms with Gasteiger partial charge in [0.15, 0.2) is 5.82 Å². The minimum atomic E-state index is -0.785. The normalized spacial score (nSPS) is 18.9. The van der Waals surface area contributed by atoms with Crippen LogP contribution in [0.25, 0.3) is 0 Å². The first kappa shape index (κ1) is 13.0. The molecule has 6 heteroatoms. The van der Waals surface area contributed by atoms with E-state index in [-0.39, 0.29) is 12.1 Å². The smallest absolute Gasteiger partial charge is 0.291 e. The Balaban J connectivity index is 2.13. The SMILES string of the molecule is CCc1cnc(N2CCC(O)(CN)CC2)c(=O)[nH]1. The number of aryl methyl sites for hydroxylation is 1. The van der Waals surface area contributed by atoms with E-state index in [0.29, 0.717) is 31.7 Å². The molecule has 1 aliphatic heterocycles. The third kappa shape index (κ3) is 2.54. The molecular formula is C12H20N4O2. The fraction of sp³-hybridized carbons (Fsp3) is 0.667. The summed E-state index contributed by atoms with van der Waals surface area (Å²) in [6.07, 6.45) is 3.59. The summed E-state index contributed by atoms with van der Waals surface area (Å²) in [5.74, 6) is 0.436. The van der Waals surface area contributed by atoms with Crippen molar-refractivity contribution >= 4 is 5.82 Å². The van der Waals surface area contributed by atoms with Gasteiger partial charge in [-0.2, -0.15) is 0 Å². The van der Waals surface area contributed by atoms with E-state index in [2.05, 4.69) is 9.97 Å². The maximum Gasteiger partial charge on any atom is 0.291 e. The molecule has 0 spiro atoms. The molecule has 1 aliphatic rings. The van der Waals surface area contributed by atoms with Crippen LogP contribution >= 0.6 is 0 Å². The van der Waals surface area contributed by atoms with Gasteiger partial charge < -0.3 is 20.7 Å². The predicted molar refractivity (Wildman–Crippen MR) is 69.7 cm³/mol. The van der Waals surface area contributed by atoms with Crippen molar-refractivity contribution in [3.63, 3.8) is 0 Å². The predicted octanol–water partition coefficient (Wildman–Crippen LogP) is -0.378. The van der Waals surface area contributed by atoms with Crippen molar-refractivity contribution in [1.82, 2.24) is 9.97 Å². The molecule has 0 saturated carbocycles. The summed E-state index contributed by atoms with van der Waals surface area (Å²) in [7, 11) is 0. The van der Waals surface area contributed by atoms with E-state index >= 15 is 0 Å². The van der Waals surface area contributed by atoms with Crippen LogP contribution in [0.1, 0.15) is 25.5 Å². The molecule has 2 rings (SSSR count). The monoisotopic (exact) mass is 252 g/mol. The van der Waals surface area contributed by atoms with Gasteiger partial charge in [0, 0.05) is 31.5 Å². The summed E-state index contributed by atoms with van der Waals surface area (Å²) in [6, 6.07) is 0. The molecule has 2 heterocycles. The van der Waals surface area contributed by atoms with Gasteiger partial charge in [-0.3, -0.25) is 4.79 Å². The van der Waals surface area contributed by atoms with Gasteiger partial charge >= 0.3 is 0 Å². The summed E-state index contributed by atoms with van der Waals surface area (Å²) in [6.45, 7) is 3.44. The number of rotatable bonds is 3. The van der Waals surface area contributed by atoms with Crippen LogP contribution in [-0.2, 0) is 6.42 Å². The second-order valence-corrected chi connectivity index (χ2v) is 4.83. The van der Waals surface area contributed by atoms with Gasteiger partial charge in [-0.1, -0.05) is 6.92 Å². The average Bonchev–Trinajstić information content (AvgIpc) is 2.40. The highest BCUT2D eigenvalue weighted by atomic mass is 16.3. The van der Waals surface area contributed by atoms with Gasteiger partial charge in [0.2, 0.25) is 0 Å². The minimum Gasteiger partial charge on any atom is -0.388 e. The van der Waals surface area contributed by atoms with Crippen molar-refractivity contribution in [2.75, 3.05) is 24.5 Å². The Labute approximate surface area is 106 Å². The van der Waals surface area contributed by atoms with Crippen LogP contribution in [-0.4, -0.2) is 40.3 Å². The van der Waals surface area contributed by atoms with E-state index in [1.165, 1.54) is 0 Å². The first-order valence-electron chi connectivity index (χ1n) is 6.33. The quantitative estimate of drug-likeness (QED) is 0.681. The number of piperidine rings is 1. The van der Waals surface area contributed by atoms with Crippen molar-refractivity contribution in [3.8, 4) is 0 Å². The van der Waals surface area contributed by atoms with Crippen LogP contribution in [0.5, 0.6) is 0 Å². The molecule has 0 atom stereocenters. The number of H-pyrrole nitrogens is 1. The molecule has 0 bridgehead atoms. The first-order chi connectivity index (χ1) is 8.58. The Morgan fingerprint density at radius 1 is 1.56 bits per heavy atom. The number of anilines is 1. The van der Waals surface area contributed by atoms with E-state index < -0.39 is 5.60 Å². The number of aromatic nitrogens is 2. The van der Waals surface area contributed by atoms with Crippen LogP contribution in [0, 0.1) is 0 Å². The molecular weight excluding hydrogens is 232 g/mol. The molecule has 100 valence electrons. The van der Waals surface area contributed by atoms with Crippen LogP contribution in [0.2, 0.25) is 0 Å². The highest BCUT2D eigenvalue weighted by Crippen LogP contribution is 2.22. The van der Waals surface area contributed by atoms with Crippen molar-refractivity contribution < 1.29 is 5.11 Å². The number of aromatic amines is 1. The first-order valence-corrected chi connectivity index (χ1v) is 6.33. The fourth-order valence-electron chi connectivity index (χ4n) is 2.18. The second kappa shape index (κ2) is 5.07. The molecule has 0 amide bonds. The lowest BCUT2D eigenvalue weighted by Crippen LogP contribution is -2.50. The molecule has 6 nitrogen and oxygen atoms in total. The largest absolute Gasteiger partial charge is 0.388 e. The lowest BCUT2D eigenvalue weighted by molar-refractivity contribution is 0.0248. The number of nitrogens with one attached hydrogen (secondary N) is 1. The van der Waals surface area contributed by atoms with E-state index in [1.807, 2.05) is 11.8 Å². The van der Waals surface area contributed by atoms with Crippen molar-refractivity contribution in [2.45, 2.75) is 31.8 Å². The maximum atomic E-state index is 11.9. The van der Waals surface area contributed by atoms with Crippen LogP contribution in [0.4, 0.5) is 5.82 Å². The number of aliphatic hydroxyl groups is 1. The van der Waals surface area contributed by atoms with Gasteiger partial charge in [0.05, 0.1) is 5.60 Å². The van der Waals surface area contributed by atoms with Crippen LogP contribution in [0.3, 0.4) is 0 Å². The number of nitrogens with two attached hydrogens (primary N) is 1. The van der Waals surface area contributed by atoms with Gasteiger partial charge in [0.1, 0.15) is 0 Å². The Morgan fingerprint density at radius 2 is 2.22 bits per heavy atom. The maximum absolute atomic E-state index is 11.9. The molecule has 1 aromatic heterocycles. The minimum absolute atomic E-state index is 0.160. The molecule has 1 saturated heterocycles. The highest BCUT2D eigenvalue weighted by molar-refractivity contribution is 5.36. The summed E-state index contributed by atoms with van der Waals surface area (Å²) in [5.41, 5.74) is 5.43. The standard InChI is InChI=1S/C12H20N4O2/c1-2-9-7-14-10(11(17)15-9)16-5-3-12(18,8-13)4-6-16/h7,18H,2-6,8,13H2,1H3,(H,15,17). The van der Waals surface area contributed by atoms with E-state index in [4.69, 9.17) is 5.73 Å². The Bertz CT molecular complexity index is 463. The van der Waals surface area contributed by atoms with Gasteiger partial charge in [-0.05, 0) is 19.3 Å².